The number of anilines is 1. The first-order valence-electron chi connectivity index (χ1n) is 6.74. The molecular weight excluding hydrogens is 320 g/mol. The summed E-state index contributed by atoms with van der Waals surface area (Å²) in [5.41, 5.74) is 1.12. The minimum Gasteiger partial charge on any atom is -0.478 e. The van der Waals surface area contributed by atoms with Crippen LogP contribution in [-0.4, -0.2) is 49.7 Å². The lowest BCUT2D eigenvalue weighted by atomic mass is 10.1. The highest BCUT2D eigenvalue weighted by atomic mass is 79.9. The van der Waals surface area contributed by atoms with Crippen molar-refractivity contribution >= 4 is 27.6 Å². The van der Waals surface area contributed by atoms with Crippen molar-refractivity contribution in [1.82, 2.24) is 4.90 Å². The van der Waals surface area contributed by atoms with Gasteiger partial charge < -0.3 is 14.9 Å². The van der Waals surface area contributed by atoms with Crippen molar-refractivity contribution in [3.05, 3.63) is 28.2 Å². The zero-order valence-electron chi connectivity index (χ0n) is 12.6. The maximum absolute atomic E-state index is 11.5. The summed E-state index contributed by atoms with van der Waals surface area (Å²) in [6.07, 6.45) is 0. The van der Waals surface area contributed by atoms with E-state index in [0.29, 0.717) is 16.0 Å². The van der Waals surface area contributed by atoms with Gasteiger partial charge in [-0.25, -0.2) is 4.79 Å². The predicted molar refractivity (Wildman–Crippen MR) is 86.7 cm³/mol. The Kier molecular flexibility index (Phi) is 6.49. The van der Waals surface area contributed by atoms with Crippen LogP contribution in [0.4, 0.5) is 5.69 Å². The zero-order chi connectivity index (χ0) is 15.3. The van der Waals surface area contributed by atoms with E-state index in [4.69, 9.17) is 0 Å². The van der Waals surface area contributed by atoms with Crippen molar-refractivity contribution < 1.29 is 9.90 Å². The zero-order valence-corrected chi connectivity index (χ0v) is 14.1. The van der Waals surface area contributed by atoms with Gasteiger partial charge in [-0.3, -0.25) is 0 Å². The highest BCUT2D eigenvalue weighted by Gasteiger charge is 2.19. The minimum atomic E-state index is -0.897. The average molecular weight is 343 g/mol. The first kappa shape index (κ1) is 17.0. The number of carboxylic acids is 1. The third-order valence-corrected chi connectivity index (χ3v) is 3.61. The molecule has 0 radical (unpaired) electrons. The second-order valence-corrected chi connectivity index (χ2v) is 6.44. The summed E-state index contributed by atoms with van der Waals surface area (Å²) in [7, 11) is 4.04. The molecule has 0 bridgehead atoms. The Morgan fingerprint density at radius 1 is 1.30 bits per heavy atom. The fourth-order valence-corrected chi connectivity index (χ4v) is 2.58. The fraction of sp³-hybridized carbons (Fsp3) is 0.533. The fourth-order valence-electron chi connectivity index (χ4n) is 2.06. The second kappa shape index (κ2) is 7.64. The molecule has 0 heterocycles. The van der Waals surface area contributed by atoms with Crippen LogP contribution in [0.2, 0.25) is 0 Å². The van der Waals surface area contributed by atoms with Crippen LogP contribution in [-0.2, 0) is 0 Å². The normalized spacial score (nSPS) is 11.2. The van der Waals surface area contributed by atoms with E-state index in [9.17, 15) is 9.90 Å². The van der Waals surface area contributed by atoms with Gasteiger partial charge >= 0.3 is 5.97 Å². The van der Waals surface area contributed by atoms with Crippen LogP contribution in [0.1, 0.15) is 24.2 Å². The standard InChI is InChI=1S/C15H23BrN2O2/c1-11(2)10-18(9-8-17(3)4)13-7-5-6-12(16)14(13)15(19)20/h5-7,11H,8-10H2,1-4H3,(H,19,20). The number of hydrogen-bond donors (Lipinski definition) is 1. The van der Waals surface area contributed by atoms with Gasteiger partial charge in [0.1, 0.15) is 0 Å². The van der Waals surface area contributed by atoms with Crippen LogP contribution in [0.5, 0.6) is 0 Å². The molecule has 0 aliphatic rings. The average Bonchev–Trinajstić information content (AvgIpc) is 2.33. The molecule has 0 fully saturated rings. The van der Waals surface area contributed by atoms with E-state index in [0.717, 1.165) is 25.3 Å². The van der Waals surface area contributed by atoms with Gasteiger partial charge in [0.05, 0.1) is 11.3 Å². The van der Waals surface area contributed by atoms with Crippen LogP contribution in [0.25, 0.3) is 0 Å². The van der Waals surface area contributed by atoms with Gasteiger partial charge in [0.25, 0.3) is 0 Å². The number of carboxylic acid groups (broad SMARTS) is 1. The number of aromatic carboxylic acids is 1. The molecule has 0 atom stereocenters. The number of carbonyl (C=O) groups is 1. The van der Waals surface area contributed by atoms with Gasteiger partial charge in [0.2, 0.25) is 0 Å². The first-order chi connectivity index (χ1) is 9.32. The molecule has 1 rings (SSSR count). The van der Waals surface area contributed by atoms with Crippen LogP contribution in [0, 0.1) is 5.92 Å². The maximum atomic E-state index is 11.5. The van der Waals surface area contributed by atoms with E-state index in [1.165, 1.54) is 0 Å². The van der Waals surface area contributed by atoms with Crippen LogP contribution < -0.4 is 4.90 Å². The highest BCUT2D eigenvalue weighted by molar-refractivity contribution is 9.10. The Morgan fingerprint density at radius 3 is 2.45 bits per heavy atom. The summed E-state index contributed by atoms with van der Waals surface area (Å²) >= 11 is 3.34. The first-order valence-corrected chi connectivity index (χ1v) is 7.53. The molecular formula is C15H23BrN2O2. The number of hydrogen-bond acceptors (Lipinski definition) is 3. The highest BCUT2D eigenvalue weighted by Crippen LogP contribution is 2.28. The van der Waals surface area contributed by atoms with Crippen molar-refractivity contribution in [3.63, 3.8) is 0 Å². The molecule has 0 aromatic heterocycles. The predicted octanol–water partition coefficient (Wildman–Crippen LogP) is 3.17. The summed E-state index contributed by atoms with van der Waals surface area (Å²) in [5, 5.41) is 9.44. The quantitative estimate of drug-likeness (QED) is 0.826. The Labute approximate surface area is 129 Å². The molecule has 1 N–H and O–H groups in total. The summed E-state index contributed by atoms with van der Waals surface area (Å²) in [6.45, 7) is 6.81. The molecule has 112 valence electrons. The van der Waals surface area contributed by atoms with Gasteiger partial charge in [0, 0.05) is 24.1 Å². The van der Waals surface area contributed by atoms with Crippen molar-refractivity contribution in [3.8, 4) is 0 Å². The Balaban J connectivity index is 3.12. The molecule has 1 aromatic carbocycles. The van der Waals surface area contributed by atoms with Crippen molar-refractivity contribution in [2.24, 2.45) is 5.92 Å². The molecule has 5 heteroatoms. The largest absolute Gasteiger partial charge is 0.478 e. The second-order valence-electron chi connectivity index (χ2n) is 5.58. The van der Waals surface area contributed by atoms with Gasteiger partial charge in [-0.2, -0.15) is 0 Å². The van der Waals surface area contributed by atoms with Crippen molar-refractivity contribution in [1.29, 1.82) is 0 Å². The van der Waals surface area contributed by atoms with E-state index in [2.05, 4.69) is 39.6 Å². The number of benzene rings is 1. The lowest BCUT2D eigenvalue weighted by Crippen LogP contribution is -2.35. The summed E-state index contributed by atoms with van der Waals surface area (Å²) < 4.78 is 0.626. The lowest BCUT2D eigenvalue weighted by Gasteiger charge is -2.29. The van der Waals surface area contributed by atoms with Crippen molar-refractivity contribution in [2.45, 2.75) is 13.8 Å². The maximum Gasteiger partial charge on any atom is 0.338 e. The molecule has 20 heavy (non-hydrogen) atoms. The summed E-state index contributed by atoms with van der Waals surface area (Å²) in [4.78, 5) is 15.8. The summed E-state index contributed by atoms with van der Waals surface area (Å²) in [6, 6.07) is 5.54. The van der Waals surface area contributed by atoms with E-state index in [1.54, 1.807) is 6.07 Å². The van der Waals surface area contributed by atoms with Crippen LogP contribution in [0.15, 0.2) is 22.7 Å². The van der Waals surface area contributed by atoms with Gasteiger partial charge in [-0.15, -0.1) is 0 Å². The van der Waals surface area contributed by atoms with Crippen LogP contribution in [0.3, 0.4) is 0 Å². The third-order valence-electron chi connectivity index (χ3n) is 2.95. The molecule has 4 nitrogen and oxygen atoms in total. The van der Waals surface area contributed by atoms with E-state index >= 15 is 0 Å². The van der Waals surface area contributed by atoms with E-state index < -0.39 is 5.97 Å². The van der Waals surface area contributed by atoms with Crippen LogP contribution >= 0.6 is 15.9 Å². The SMILES string of the molecule is CC(C)CN(CCN(C)C)c1cccc(Br)c1C(=O)O. The monoisotopic (exact) mass is 342 g/mol. The topological polar surface area (TPSA) is 43.8 Å². The van der Waals surface area contributed by atoms with Gasteiger partial charge in [-0.1, -0.05) is 19.9 Å². The molecule has 0 amide bonds. The van der Waals surface area contributed by atoms with E-state index in [1.807, 2.05) is 26.2 Å². The lowest BCUT2D eigenvalue weighted by molar-refractivity contribution is 0.0696. The van der Waals surface area contributed by atoms with E-state index in [-0.39, 0.29) is 0 Å². The number of nitrogens with zero attached hydrogens (tertiary/aromatic N) is 2. The minimum absolute atomic E-state index is 0.340. The smallest absolute Gasteiger partial charge is 0.338 e. The third kappa shape index (κ3) is 4.80. The number of likely N-dealkylation sites (N-methyl/N-ethyl adjacent to an activating group) is 1. The number of halogens is 1. The van der Waals surface area contributed by atoms with Crippen molar-refractivity contribution in [2.75, 3.05) is 38.6 Å². The molecule has 0 saturated heterocycles. The molecule has 0 unspecified atom stereocenters. The Hall–Kier alpha value is -1.07. The molecule has 0 aliphatic carbocycles. The number of rotatable bonds is 7. The Morgan fingerprint density at radius 2 is 1.95 bits per heavy atom. The molecule has 0 aliphatic heterocycles. The summed E-state index contributed by atoms with van der Waals surface area (Å²) in [5.74, 6) is -0.427. The van der Waals surface area contributed by atoms with Gasteiger partial charge in [-0.05, 0) is 48.1 Å². The Bertz CT molecular complexity index is 461. The molecule has 1 aromatic rings. The molecule has 0 spiro atoms. The molecule has 0 saturated carbocycles. The van der Waals surface area contributed by atoms with Gasteiger partial charge in [0.15, 0.2) is 0 Å².